The van der Waals surface area contributed by atoms with Gasteiger partial charge in [0.2, 0.25) is 0 Å². The zero-order valence-electron chi connectivity index (χ0n) is 19.4. The Morgan fingerprint density at radius 1 is 0.632 bits per heavy atom. The van der Waals surface area contributed by atoms with E-state index in [1.807, 2.05) is 0 Å². The highest BCUT2D eigenvalue weighted by Gasteiger charge is 2.74. The molecule has 1 rings (SSSR count). The van der Waals surface area contributed by atoms with Crippen LogP contribution in [0.2, 0.25) is 6.04 Å². The van der Waals surface area contributed by atoms with E-state index in [1.54, 1.807) is 0 Å². The molecule has 0 fully saturated rings. The number of hydrogen-bond donors (Lipinski definition) is 0. The molecule has 0 bridgehead atoms. The first kappa shape index (κ1) is 33.5. The molecule has 218 valence electrons. The molecule has 1 aromatic rings. The summed E-state index contributed by atoms with van der Waals surface area (Å²) in [5.74, 6) is -26.0. The number of carbonyl (C=O) groups is 2. The van der Waals surface area contributed by atoms with E-state index in [2.05, 4.69) is 22.8 Å². The maximum Gasteiger partial charge on any atom is 0.506 e. The van der Waals surface area contributed by atoms with Crippen LogP contribution < -0.4 is 0 Å². The molecule has 0 atom stereocenters. The van der Waals surface area contributed by atoms with E-state index < -0.39 is 81.0 Å². The van der Waals surface area contributed by atoms with Gasteiger partial charge in [-0.3, -0.25) is 0 Å². The summed E-state index contributed by atoms with van der Waals surface area (Å²) in [5.41, 5.74) is -1.38. The van der Waals surface area contributed by atoms with Crippen LogP contribution in [0.5, 0.6) is 0 Å². The second-order valence-corrected chi connectivity index (χ2v) is 10.3. The van der Waals surface area contributed by atoms with Crippen LogP contribution in [0.4, 0.5) is 48.3 Å². The molecule has 0 amide bonds. The van der Waals surface area contributed by atoms with Crippen LogP contribution in [-0.2, 0) is 22.8 Å². The van der Waals surface area contributed by atoms with Crippen LogP contribution in [0.25, 0.3) is 0 Å². The molecule has 1 aromatic carbocycles. The minimum absolute atomic E-state index is 0.613. The summed E-state index contributed by atoms with van der Waals surface area (Å²) in [6, 6.07) is 0.404. The van der Waals surface area contributed by atoms with Crippen LogP contribution in [0.3, 0.4) is 0 Å². The normalized spacial score (nSPS) is 13.8. The van der Waals surface area contributed by atoms with Crippen molar-refractivity contribution in [3.63, 3.8) is 0 Å². The lowest BCUT2D eigenvalue weighted by molar-refractivity contribution is -0.312. The van der Waals surface area contributed by atoms with E-state index >= 15 is 0 Å². The average molecular weight is 596 g/mol. The molecule has 0 spiro atoms. The number of rotatable bonds is 13. The van der Waals surface area contributed by atoms with Crippen LogP contribution >= 0.6 is 0 Å². The molecule has 38 heavy (non-hydrogen) atoms. The van der Waals surface area contributed by atoms with Crippen molar-refractivity contribution < 1.29 is 80.6 Å². The van der Waals surface area contributed by atoms with E-state index in [-0.39, 0.29) is 0 Å². The van der Waals surface area contributed by atoms with Crippen molar-refractivity contribution in [3.8, 4) is 0 Å². The van der Waals surface area contributed by atoms with Gasteiger partial charge in [0.25, 0.3) is 0 Å². The van der Waals surface area contributed by atoms with Crippen LogP contribution in [0.15, 0.2) is 24.3 Å². The Labute approximate surface area is 208 Å². The summed E-state index contributed by atoms with van der Waals surface area (Å²) in [4.78, 5) is 23.5. The highest BCUT2D eigenvalue weighted by atomic mass is 28.4. The lowest BCUT2D eigenvalue weighted by atomic mass is 10.1. The maximum absolute atomic E-state index is 14.2. The first-order valence-electron chi connectivity index (χ1n) is 9.80. The lowest BCUT2D eigenvalue weighted by Crippen LogP contribution is -2.60. The fraction of sp³-hybridized carbons (Fsp3) is 0.579. The van der Waals surface area contributed by atoms with Crippen LogP contribution in [0.1, 0.15) is 20.7 Å². The van der Waals surface area contributed by atoms with Crippen molar-refractivity contribution >= 4 is 20.7 Å². The van der Waals surface area contributed by atoms with Gasteiger partial charge in [-0.15, -0.1) is 0 Å². The minimum Gasteiger partial charge on any atom is -0.455 e. The van der Waals surface area contributed by atoms with Gasteiger partial charge in [-0.1, -0.05) is 0 Å². The van der Waals surface area contributed by atoms with E-state index in [0.717, 1.165) is 21.3 Å². The summed E-state index contributed by atoms with van der Waals surface area (Å²) in [6.07, 6.45) is -6.01. The van der Waals surface area contributed by atoms with Crippen molar-refractivity contribution in [3.05, 3.63) is 35.4 Å². The number of esters is 2. The Balaban J connectivity index is 2.90. The van der Waals surface area contributed by atoms with Gasteiger partial charge in [-0.25, -0.2) is 9.59 Å². The molecule has 0 aliphatic heterocycles. The molecule has 0 heterocycles. The highest BCUT2D eigenvalue weighted by molar-refractivity contribution is 6.60. The zero-order chi connectivity index (χ0) is 29.8. The molecule has 0 unspecified atom stereocenters. The molecule has 0 aromatic heterocycles. The highest BCUT2D eigenvalue weighted by Crippen LogP contribution is 2.49. The molecule has 19 heteroatoms. The minimum atomic E-state index is -6.10. The third-order valence-corrected chi connectivity index (χ3v) is 7.57. The van der Waals surface area contributed by atoms with Gasteiger partial charge in [0.15, 0.2) is 13.2 Å². The smallest absolute Gasteiger partial charge is 0.455 e. The SMILES string of the molecule is CO[Si](CC(F)(F)C(F)(F)C(F)(F)COC(=O)c1ccc(C(=O)OCC(F)(F)C(F)(F)F)cc1)(OC)OC. The molecule has 0 aliphatic rings. The Morgan fingerprint density at radius 2 is 0.974 bits per heavy atom. The third kappa shape index (κ3) is 7.32. The molecular weight excluding hydrogens is 577 g/mol. The number of carbonyl (C=O) groups excluding carboxylic acids is 2. The van der Waals surface area contributed by atoms with Crippen molar-refractivity contribution in [1.29, 1.82) is 0 Å². The molecule has 0 saturated heterocycles. The first-order valence-corrected chi connectivity index (χ1v) is 11.7. The Hall–Kier alpha value is -2.51. The first-order chi connectivity index (χ1) is 17.1. The Kier molecular flexibility index (Phi) is 10.3. The predicted octanol–water partition coefficient (Wildman–Crippen LogP) is 4.98. The Bertz CT molecular complexity index is 957. The molecule has 0 saturated carbocycles. The number of alkyl halides is 11. The number of ether oxygens (including phenoxy) is 2. The molecule has 7 nitrogen and oxygen atoms in total. The zero-order valence-corrected chi connectivity index (χ0v) is 20.4. The summed E-state index contributed by atoms with van der Waals surface area (Å²) >= 11 is 0. The van der Waals surface area contributed by atoms with Crippen molar-refractivity contribution in [1.82, 2.24) is 0 Å². The van der Waals surface area contributed by atoms with Gasteiger partial charge in [0.05, 0.1) is 17.2 Å². The lowest BCUT2D eigenvalue weighted by Gasteiger charge is -2.35. The van der Waals surface area contributed by atoms with Gasteiger partial charge >= 0.3 is 50.6 Å². The summed E-state index contributed by atoms with van der Waals surface area (Å²) in [5, 5.41) is 0. The molecule has 0 N–H and O–H groups in total. The van der Waals surface area contributed by atoms with E-state index in [1.165, 1.54) is 0 Å². The second kappa shape index (κ2) is 11.7. The van der Waals surface area contributed by atoms with Crippen LogP contribution in [-0.4, -0.2) is 85.2 Å². The second-order valence-electron chi connectivity index (χ2n) is 7.39. The number of hydrogen-bond acceptors (Lipinski definition) is 7. The fourth-order valence-corrected chi connectivity index (χ4v) is 4.21. The van der Waals surface area contributed by atoms with E-state index in [9.17, 15) is 57.9 Å². The van der Waals surface area contributed by atoms with E-state index in [4.69, 9.17) is 0 Å². The summed E-state index contributed by atoms with van der Waals surface area (Å²) < 4.78 is 168. The molecule has 0 radical (unpaired) electrons. The predicted molar refractivity (Wildman–Crippen MR) is 104 cm³/mol. The van der Waals surface area contributed by atoms with Gasteiger partial charge in [0.1, 0.15) is 0 Å². The third-order valence-electron chi connectivity index (χ3n) is 4.83. The molecule has 0 aliphatic carbocycles. The van der Waals surface area contributed by atoms with Crippen molar-refractivity contribution in [2.45, 2.75) is 35.9 Å². The maximum atomic E-state index is 14.2. The van der Waals surface area contributed by atoms with E-state index in [0.29, 0.717) is 24.3 Å². The number of halogens is 11. The van der Waals surface area contributed by atoms with Crippen molar-refractivity contribution in [2.75, 3.05) is 34.5 Å². The summed E-state index contributed by atoms with van der Waals surface area (Å²) in [7, 11) is -2.16. The molecular formula is C19H19F11O7Si. The largest absolute Gasteiger partial charge is 0.506 e. The van der Waals surface area contributed by atoms with Gasteiger partial charge in [0, 0.05) is 21.3 Å². The quantitative estimate of drug-likeness (QED) is 0.181. The summed E-state index contributed by atoms with van der Waals surface area (Å²) in [6.45, 7) is -4.90. The average Bonchev–Trinajstić information content (AvgIpc) is 2.83. The van der Waals surface area contributed by atoms with Gasteiger partial charge in [-0.05, 0) is 24.3 Å². The topological polar surface area (TPSA) is 80.3 Å². The van der Waals surface area contributed by atoms with Crippen molar-refractivity contribution in [2.24, 2.45) is 0 Å². The van der Waals surface area contributed by atoms with Gasteiger partial charge in [-0.2, -0.15) is 48.3 Å². The van der Waals surface area contributed by atoms with Crippen LogP contribution in [0, 0.1) is 0 Å². The fourth-order valence-electron chi connectivity index (χ4n) is 2.51. The van der Waals surface area contributed by atoms with Gasteiger partial charge < -0.3 is 22.8 Å². The Morgan fingerprint density at radius 3 is 1.29 bits per heavy atom. The number of benzene rings is 1. The monoisotopic (exact) mass is 596 g/mol. The standard InChI is InChI=1S/C19H19F11O7Si/c1-33-38(34-2,35-3)10-17(24,25)18(26,27)15(20,21)8-36-13(31)11-4-6-12(7-5-11)14(32)37-9-16(22,23)19(28,29)30/h4-7H,8-10H2,1-3H3.